The third-order valence-corrected chi connectivity index (χ3v) is 6.77. The number of methoxy groups -OCH3 is 1. The number of alkyl halides is 3. The number of aromatic nitrogens is 3. The summed E-state index contributed by atoms with van der Waals surface area (Å²) in [4.78, 5) is 10.7. The molecule has 3 aromatic rings. The van der Waals surface area contributed by atoms with E-state index in [1.165, 1.54) is 6.33 Å². The molecule has 2 N–H and O–H groups in total. The van der Waals surface area contributed by atoms with E-state index in [1.807, 2.05) is 12.1 Å². The second-order valence-electron chi connectivity index (χ2n) is 8.49. The number of aromatic amines is 1. The van der Waals surface area contributed by atoms with Crippen LogP contribution in [0.1, 0.15) is 48.2 Å². The van der Waals surface area contributed by atoms with Gasteiger partial charge in [-0.1, -0.05) is 24.3 Å². The number of anilines is 1. The van der Waals surface area contributed by atoms with Crippen molar-refractivity contribution in [1.29, 1.82) is 0 Å². The molecule has 6 nitrogen and oxygen atoms in total. The summed E-state index contributed by atoms with van der Waals surface area (Å²) in [5.74, 6) is 1.04. The van der Waals surface area contributed by atoms with E-state index < -0.39 is 11.9 Å². The van der Waals surface area contributed by atoms with E-state index >= 15 is 0 Å². The Balaban J connectivity index is 1.57. The molecule has 1 fully saturated rings. The normalized spacial score (nSPS) is 24.4. The fraction of sp³-hybridized carbons (Fsp3) is 0.478. The lowest BCUT2D eigenvalue weighted by molar-refractivity contribution is -0.140. The molecule has 1 aliphatic heterocycles. The molecule has 170 valence electrons. The lowest BCUT2D eigenvalue weighted by Crippen LogP contribution is -2.36. The highest BCUT2D eigenvalue weighted by Gasteiger charge is 2.40. The Kier molecular flexibility index (Phi) is 5.54. The maximum atomic E-state index is 13.3. The average molecular weight is 446 g/mol. The molecule has 1 saturated heterocycles. The van der Waals surface area contributed by atoms with Gasteiger partial charge in [0.25, 0.3) is 0 Å². The Hall–Kier alpha value is -2.65. The standard InChI is InChI=1S/C23H25F3N4O2/c1-31-18-10-16(13-6-8-32-9-7-13)20(15-5-3-2-4-14(15)18)30-22-17-11-19(23(24,25)26)29-21(17)27-12-28-22/h2-5,11-13,16,18,20H,6-10H2,1H3,(H2,27,28,29,30)/t16-,18-,20+/m1/s1. The highest BCUT2D eigenvalue weighted by atomic mass is 19.4. The first-order chi connectivity index (χ1) is 15.5. The third-order valence-electron chi connectivity index (χ3n) is 6.77. The number of benzene rings is 1. The van der Waals surface area contributed by atoms with Crippen LogP contribution in [-0.2, 0) is 15.7 Å². The van der Waals surface area contributed by atoms with Crippen LogP contribution in [0.3, 0.4) is 0 Å². The molecule has 1 aromatic carbocycles. The molecular formula is C23H25F3N4O2. The molecule has 32 heavy (non-hydrogen) atoms. The van der Waals surface area contributed by atoms with E-state index in [0.29, 0.717) is 17.1 Å². The largest absolute Gasteiger partial charge is 0.431 e. The number of ether oxygens (including phenoxy) is 2. The van der Waals surface area contributed by atoms with E-state index in [-0.39, 0.29) is 23.7 Å². The monoisotopic (exact) mass is 446 g/mol. The van der Waals surface area contributed by atoms with Crippen molar-refractivity contribution in [3.8, 4) is 0 Å². The molecule has 2 aliphatic rings. The van der Waals surface area contributed by atoms with Crippen LogP contribution in [0.2, 0.25) is 0 Å². The maximum Gasteiger partial charge on any atom is 0.431 e. The van der Waals surface area contributed by atoms with E-state index in [4.69, 9.17) is 9.47 Å². The Bertz CT molecular complexity index is 1090. The van der Waals surface area contributed by atoms with Crippen LogP contribution in [0.25, 0.3) is 11.0 Å². The predicted molar refractivity (Wildman–Crippen MR) is 113 cm³/mol. The van der Waals surface area contributed by atoms with Crippen molar-refractivity contribution < 1.29 is 22.6 Å². The van der Waals surface area contributed by atoms with Crippen LogP contribution in [0.15, 0.2) is 36.7 Å². The van der Waals surface area contributed by atoms with Crippen LogP contribution in [-0.4, -0.2) is 35.3 Å². The zero-order chi connectivity index (χ0) is 22.3. The van der Waals surface area contributed by atoms with Gasteiger partial charge in [-0.3, -0.25) is 0 Å². The first kappa shape index (κ1) is 21.2. The summed E-state index contributed by atoms with van der Waals surface area (Å²) in [6, 6.07) is 9.07. The van der Waals surface area contributed by atoms with Gasteiger partial charge in [0.05, 0.1) is 17.5 Å². The molecule has 1 aliphatic carbocycles. The molecule has 0 spiro atoms. The fourth-order valence-corrected chi connectivity index (χ4v) is 5.20. The van der Waals surface area contributed by atoms with Gasteiger partial charge in [0, 0.05) is 20.3 Å². The summed E-state index contributed by atoms with van der Waals surface area (Å²) < 4.78 is 51.2. The Labute approximate surface area is 183 Å². The van der Waals surface area contributed by atoms with Crippen LogP contribution in [0, 0.1) is 11.8 Å². The zero-order valence-electron chi connectivity index (χ0n) is 17.7. The second kappa shape index (κ2) is 8.37. The van der Waals surface area contributed by atoms with Crippen molar-refractivity contribution in [3.05, 3.63) is 53.5 Å². The Morgan fingerprint density at radius 1 is 1.12 bits per heavy atom. The number of hydrogen-bond donors (Lipinski definition) is 2. The molecule has 2 aromatic heterocycles. The van der Waals surface area contributed by atoms with Crippen LogP contribution in [0.4, 0.5) is 19.0 Å². The van der Waals surface area contributed by atoms with Gasteiger partial charge < -0.3 is 19.8 Å². The third kappa shape index (κ3) is 3.84. The van der Waals surface area contributed by atoms with Gasteiger partial charge in [-0.25, -0.2) is 9.97 Å². The SMILES string of the molecule is CO[C@@H]1C[C@H](C2CCOCC2)[C@@H](Nc2ncnc3[nH]c(C(F)(F)F)cc23)c2ccccc21. The smallest absolute Gasteiger partial charge is 0.381 e. The highest BCUT2D eigenvalue weighted by Crippen LogP contribution is 2.48. The Morgan fingerprint density at radius 3 is 2.59 bits per heavy atom. The quantitative estimate of drug-likeness (QED) is 0.572. The average Bonchev–Trinajstić information content (AvgIpc) is 3.26. The molecule has 5 rings (SSSR count). The maximum absolute atomic E-state index is 13.3. The lowest BCUT2D eigenvalue weighted by atomic mass is 9.70. The van der Waals surface area contributed by atoms with E-state index in [9.17, 15) is 13.2 Å². The van der Waals surface area contributed by atoms with Crippen LogP contribution < -0.4 is 5.32 Å². The number of fused-ring (bicyclic) bond motifs is 2. The van der Waals surface area contributed by atoms with Crippen LogP contribution in [0.5, 0.6) is 0 Å². The van der Waals surface area contributed by atoms with Crippen molar-refractivity contribution in [1.82, 2.24) is 15.0 Å². The van der Waals surface area contributed by atoms with E-state index in [2.05, 4.69) is 32.4 Å². The highest BCUT2D eigenvalue weighted by molar-refractivity contribution is 5.88. The summed E-state index contributed by atoms with van der Waals surface area (Å²) in [5.41, 5.74) is 1.53. The minimum absolute atomic E-state index is 0.0217. The Morgan fingerprint density at radius 2 is 1.88 bits per heavy atom. The molecule has 3 heterocycles. The van der Waals surface area contributed by atoms with Gasteiger partial charge in [0.15, 0.2) is 0 Å². The number of nitrogens with one attached hydrogen (secondary N) is 2. The summed E-state index contributed by atoms with van der Waals surface area (Å²) in [6.45, 7) is 1.44. The summed E-state index contributed by atoms with van der Waals surface area (Å²) in [7, 11) is 1.72. The first-order valence-electron chi connectivity index (χ1n) is 10.8. The summed E-state index contributed by atoms with van der Waals surface area (Å²) in [5, 5.41) is 3.83. The van der Waals surface area contributed by atoms with Crippen molar-refractivity contribution in [2.75, 3.05) is 25.6 Å². The molecule has 0 amide bonds. The van der Waals surface area contributed by atoms with Crippen molar-refractivity contribution in [3.63, 3.8) is 0 Å². The molecule has 0 bridgehead atoms. The van der Waals surface area contributed by atoms with Gasteiger partial charge in [-0.15, -0.1) is 0 Å². The summed E-state index contributed by atoms with van der Waals surface area (Å²) >= 11 is 0. The molecular weight excluding hydrogens is 421 g/mol. The molecule has 0 radical (unpaired) electrons. The number of H-pyrrole nitrogens is 1. The number of halogens is 3. The van der Waals surface area contributed by atoms with Gasteiger partial charge in [0.2, 0.25) is 0 Å². The minimum Gasteiger partial charge on any atom is -0.381 e. The number of nitrogens with zero attached hydrogens (tertiary/aromatic N) is 2. The predicted octanol–water partition coefficient (Wildman–Crippen LogP) is 5.26. The molecule has 9 heteroatoms. The minimum atomic E-state index is -4.48. The van der Waals surface area contributed by atoms with Gasteiger partial charge in [-0.2, -0.15) is 13.2 Å². The van der Waals surface area contributed by atoms with Gasteiger partial charge in [-0.05, 0) is 48.3 Å². The van der Waals surface area contributed by atoms with Gasteiger partial charge >= 0.3 is 6.18 Å². The number of hydrogen-bond acceptors (Lipinski definition) is 5. The van der Waals surface area contributed by atoms with Gasteiger partial charge in [0.1, 0.15) is 23.5 Å². The van der Waals surface area contributed by atoms with Crippen molar-refractivity contribution in [2.24, 2.45) is 11.8 Å². The molecule has 0 saturated carbocycles. The van der Waals surface area contributed by atoms with Crippen LogP contribution >= 0.6 is 0 Å². The van der Waals surface area contributed by atoms with E-state index in [0.717, 1.165) is 49.7 Å². The number of rotatable bonds is 4. The molecule has 0 unspecified atom stereocenters. The lowest BCUT2D eigenvalue weighted by Gasteiger charge is -2.43. The second-order valence-corrected chi connectivity index (χ2v) is 8.49. The molecule has 3 atom stereocenters. The van der Waals surface area contributed by atoms with Crippen molar-refractivity contribution in [2.45, 2.75) is 37.6 Å². The first-order valence-corrected chi connectivity index (χ1v) is 10.8. The van der Waals surface area contributed by atoms with E-state index in [1.54, 1.807) is 7.11 Å². The fourth-order valence-electron chi connectivity index (χ4n) is 5.20. The topological polar surface area (TPSA) is 72.1 Å². The summed E-state index contributed by atoms with van der Waals surface area (Å²) in [6.07, 6.45) is -0.494. The van der Waals surface area contributed by atoms with Crippen molar-refractivity contribution >= 4 is 16.9 Å². The zero-order valence-corrected chi connectivity index (χ0v) is 17.7.